The SMILES string of the molecule is COc1ccc(N(c2ccc(OC)cc2)c2ccc3c(c2)C(=Cc2ccc(N(c4ccccc4)c4ccc(C=C5c6cc(N(c7ccc(OC)cc7)c7ccc(OC)cc7)ccc6-c6ccc(N(c7ccc(OC)cc7)c7ccc(OC)cc7)cc65)cc4)cc2)c2cc(N(c4ccc(OC)cc4)c4ccc(OC)cc4)ccc2-3)cc1. The number of rotatable bonds is 25. The topological polar surface area (TPSA) is 90.0 Å². The van der Waals surface area contributed by atoms with Gasteiger partial charge >= 0.3 is 0 Å². The molecule has 15 aromatic carbocycles. The summed E-state index contributed by atoms with van der Waals surface area (Å²) in [5, 5.41) is 0. The molecule has 115 heavy (non-hydrogen) atoms. The number of anilines is 15. The van der Waals surface area contributed by atoms with Crippen molar-refractivity contribution in [3.8, 4) is 68.2 Å². The number of benzene rings is 15. The molecule has 0 amide bonds. The normalized spacial score (nSPS) is 11.4. The van der Waals surface area contributed by atoms with Crippen LogP contribution in [-0.2, 0) is 0 Å². The summed E-state index contributed by atoms with van der Waals surface area (Å²) in [5.41, 5.74) is 27.9. The first-order valence-corrected chi connectivity index (χ1v) is 38.0. The molecule has 0 saturated heterocycles. The number of hydrogen-bond acceptors (Lipinski definition) is 13. The second-order valence-electron chi connectivity index (χ2n) is 27.8. The van der Waals surface area contributed by atoms with E-state index < -0.39 is 0 Å². The molecule has 0 spiro atoms. The highest BCUT2D eigenvalue weighted by Gasteiger charge is 2.31. The lowest BCUT2D eigenvalue weighted by atomic mass is 9.99. The van der Waals surface area contributed by atoms with E-state index in [4.69, 9.17) is 37.9 Å². The minimum atomic E-state index is 0.774. The molecule has 0 aromatic heterocycles. The van der Waals surface area contributed by atoms with Crippen molar-refractivity contribution >= 4 is 109 Å². The van der Waals surface area contributed by atoms with E-state index in [1.54, 1.807) is 56.9 Å². The predicted molar refractivity (Wildman–Crippen MR) is 470 cm³/mol. The lowest BCUT2D eigenvalue weighted by Crippen LogP contribution is -2.10. The molecule has 0 atom stereocenters. The number of para-hydroxylation sites is 1. The molecule has 13 nitrogen and oxygen atoms in total. The Bertz CT molecular complexity index is 5180. The highest BCUT2D eigenvalue weighted by atomic mass is 16.5. The molecular weight excluding hydrogens is 1420 g/mol. The van der Waals surface area contributed by atoms with Crippen LogP contribution in [0.2, 0.25) is 0 Å². The summed E-state index contributed by atoms with van der Waals surface area (Å²) in [6.07, 6.45) is 4.67. The van der Waals surface area contributed by atoms with E-state index in [9.17, 15) is 0 Å². The van der Waals surface area contributed by atoms with Crippen LogP contribution >= 0.6 is 0 Å². The fourth-order valence-corrected chi connectivity index (χ4v) is 15.6. The zero-order valence-corrected chi connectivity index (χ0v) is 65.1. The number of methoxy groups -OCH3 is 8. The van der Waals surface area contributed by atoms with Crippen molar-refractivity contribution in [3.05, 3.63) is 379 Å². The van der Waals surface area contributed by atoms with Gasteiger partial charge in [0.15, 0.2) is 0 Å². The minimum absolute atomic E-state index is 0.774. The van der Waals surface area contributed by atoms with Gasteiger partial charge in [0.1, 0.15) is 46.0 Å². The second kappa shape index (κ2) is 32.2. The molecule has 15 aromatic rings. The monoisotopic (exact) mass is 1510 g/mol. The zero-order valence-electron chi connectivity index (χ0n) is 65.1. The van der Waals surface area contributed by atoms with Crippen molar-refractivity contribution in [2.24, 2.45) is 0 Å². The molecule has 0 bridgehead atoms. The maximum absolute atomic E-state index is 5.67. The number of nitrogens with zero attached hydrogens (tertiary/aromatic N) is 5. The van der Waals surface area contributed by atoms with Gasteiger partial charge < -0.3 is 62.4 Å². The third-order valence-corrected chi connectivity index (χ3v) is 21.4. The molecule has 0 N–H and O–H groups in total. The largest absolute Gasteiger partial charge is 0.497 e. The predicted octanol–water partition coefficient (Wildman–Crippen LogP) is 26.2. The first kappa shape index (κ1) is 73.0. The Balaban J connectivity index is 0.774. The second-order valence-corrected chi connectivity index (χ2v) is 27.8. The molecule has 0 unspecified atom stereocenters. The summed E-state index contributed by atoms with van der Waals surface area (Å²) in [6.45, 7) is 0. The van der Waals surface area contributed by atoms with Crippen LogP contribution in [0.3, 0.4) is 0 Å². The van der Waals surface area contributed by atoms with Crippen molar-refractivity contribution in [2.45, 2.75) is 0 Å². The highest BCUT2D eigenvalue weighted by molar-refractivity contribution is 6.10. The molecule has 0 heterocycles. The summed E-state index contributed by atoms with van der Waals surface area (Å²) >= 11 is 0. The molecule has 17 rings (SSSR count). The fraction of sp³-hybridized carbons (Fsp3) is 0.0784. The van der Waals surface area contributed by atoms with Crippen LogP contribution in [0.15, 0.2) is 346 Å². The van der Waals surface area contributed by atoms with Crippen molar-refractivity contribution < 1.29 is 37.9 Å². The summed E-state index contributed by atoms with van der Waals surface area (Å²) < 4.78 is 45.3. The lowest BCUT2D eigenvalue weighted by molar-refractivity contribution is 0.414. The smallest absolute Gasteiger partial charge is 0.119 e. The van der Waals surface area contributed by atoms with Crippen LogP contribution in [0, 0.1) is 0 Å². The molecule has 0 aliphatic heterocycles. The Labute approximate surface area is 671 Å². The molecular formula is C102H83N5O8. The number of fused-ring (bicyclic) bond motifs is 6. The van der Waals surface area contributed by atoms with Crippen molar-refractivity contribution in [3.63, 3.8) is 0 Å². The van der Waals surface area contributed by atoms with E-state index in [1.807, 2.05) is 97.1 Å². The molecule has 564 valence electrons. The van der Waals surface area contributed by atoms with Gasteiger partial charge in [-0.15, -0.1) is 0 Å². The van der Waals surface area contributed by atoms with Crippen molar-refractivity contribution in [1.29, 1.82) is 0 Å². The molecule has 2 aliphatic rings. The Kier molecular flexibility index (Phi) is 20.5. The standard InChI is InChI=1S/C102H83N5O8/c1-108-85-42-22-73(23-43-85)104(74-24-44-86(109-2)45-25-74)81-38-58-93-94-59-39-82(105(75-26-46-87(110-3)47-27-75)76-28-48-88(111-4)49-29-76)65-100(94)97(99(93)64-81)62-68-14-18-71(19-15-68)103(70-12-10-9-11-13-70)72-20-16-69(17-21-72)63-98-101-66-83(106(77-30-50-89(112-5)51-31-77)78-32-52-90(113-6)53-33-78)40-60-95(101)96-61-41-84(67-102(96)98)107(79-34-54-91(114-7)55-35-79)80-36-56-92(115-8)57-37-80/h9-67H,1-8H3. The van der Waals surface area contributed by atoms with E-state index in [0.29, 0.717) is 0 Å². The third-order valence-electron chi connectivity index (χ3n) is 21.4. The summed E-state index contributed by atoms with van der Waals surface area (Å²) in [5.74, 6) is 6.19. The molecule has 0 radical (unpaired) electrons. The van der Waals surface area contributed by atoms with Gasteiger partial charge in [-0.3, -0.25) is 0 Å². The molecule has 0 saturated carbocycles. The van der Waals surface area contributed by atoms with E-state index >= 15 is 0 Å². The Hall–Kier alpha value is -14.8. The van der Waals surface area contributed by atoms with Crippen LogP contribution in [0.5, 0.6) is 46.0 Å². The van der Waals surface area contributed by atoms with E-state index in [0.717, 1.165) is 198 Å². The van der Waals surface area contributed by atoms with Crippen LogP contribution in [-0.4, -0.2) is 56.9 Å². The Morgan fingerprint density at radius 1 is 0.157 bits per heavy atom. The molecule has 0 fully saturated rings. The van der Waals surface area contributed by atoms with Gasteiger partial charge in [0.2, 0.25) is 0 Å². The Morgan fingerprint density at radius 3 is 0.496 bits per heavy atom. The molecule has 13 heteroatoms. The third kappa shape index (κ3) is 14.6. The van der Waals surface area contributed by atoms with Gasteiger partial charge in [-0.2, -0.15) is 0 Å². The van der Waals surface area contributed by atoms with Gasteiger partial charge in [0, 0.05) is 85.3 Å². The maximum atomic E-state index is 5.67. The van der Waals surface area contributed by atoms with E-state index in [2.05, 4.69) is 285 Å². The average Bonchev–Trinajstić information content (AvgIpc) is 1.59. The summed E-state index contributed by atoms with van der Waals surface area (Å²) in [7, 11) is 13.5. The number of ether oxygens (including phenoxy) is 8. The zero-order chi connectivity index (χ0) is 78.5. The van der Waals surface area contributed by atoms with Gasteiger partial charge in [-0.05, 0) is 358 Å². The van der Waals surface area contributed by atoms with E-state index in [-0.39, 0.29) is 0 Å². The lowest BCUT2D eigenvalue weighted by Gasteiger charge is -2.26. The van der Waals surface area contributed by atoms with E-state index in [1.165, 1.54) is 0 Å². The van der Waals surface area contributed by atoms with Crippen LogP contribution in [0.1, 0.15) is 33.4 Å². The van der Waals surface area contributed by atoms with Crippen molar-refractivity contribution in [2.75, 3.05) is 81.4 Å². The fourth-order valence-electron chi connectivity index (χ4n) is 15.6. The van der Waals surface area contributed by atoms with Crippen LogP contribution in [0.4, 0.5) is 85.3 Å². The average molecular weight is 1510 g/mol. The van der Waals surface area contributed by atoms with Gasteiger partial charge in [0.05, 0.1) is 56.9 Å². The quantitative estimate of drug-likeness (QED) is 0.0544. The molecule has 2 aliphatic carbocycles. The Morgan fingerprint density at radius 2 is 0.313 bits per heavy atom. The van der Waals surface area contributed by atoms with Crippen LogP contribution < -0.4 is 62.4 Å². The van der Waals surface area contributed by atoms with Crippen molar-refractivity contribution in [1.82, 2.24) is 0 Å². The van der Waals surface area contributed by atoms with Gasteiger partial charge in [-0.25, -0.2) is 0 Å². The summed E-state index contributed by atoms with van der Waals surface area (Å²) in [4.78, 5) is 11.4. The minimum Gasteiger partial charge on any atom is -0.497 e. The van der Waals surface area contributed by atoms with Gasteiger partial charge in [0.25, 0.3) is 0 Å². The number of hydrogen-bond donors (Lipinski definition) is 0. The van der Waals surface area contributed by atoms with Gasteiger partial charge in [-0.1, -0.05) is 66.7 Å². The first-order chi connectivity index (χ1) is 56.6. The highest BCUT2D eigenvalue weighted by Crippen LogP contribution is 2.54. The maximum Gasteiger partial charge on any atom is 0.119 e. The summed E-state index contributed by atoms with van der Waals surface area (Å²) in [6, 6.07) is 121. The first-order valence-electron chi connectivity index (χ1n) is 38.0. The van der Waals surface area contributed by atoms with Crippen LogP contribution in [0.25, 0.3) is 45.6 Å².